The predicted octanol–water partition coefficient (Wildman–Crippen LogP) is 4.55. The quantitative estimate of drug-likeness (QED) is 0.864. The average Bonchev–Trinajstić information content (AvgIpc) is 2.85. The Labute approximate surface area is 137 Å². The summed E-state index contributed by atoms with van der Waals surface area (Å²) in [5.74, 6) is 1.64. The Kier molecular flexibility index (Phi) is 5.56. The molecule has 0 saturated heterocycles. The van der Waals surface area contributed by atoms with Gasteiger partial charge in [0.25, 0.3) is 0 Å². The van der Waals surface area contributed by atoms with Crippen LogP contribution in [0.25, 0.3) is 0 Å². The number of aromatic nitrogens is 1. The topological polar surface area (TPSA) is 55.1 Å². The largest absolute Gasteiger partial charge is 0.360 e. The van der Waals surface area contributed by atoms with Crippen molar-refractivity contribution in [3.63, 3.8) is 0 Å². The van der Waals surface area contributed by atoms with Crippen molar-refractivity contribution in [2.45, 2.75) is 24.9 Å². The summed E-state index contributed by atoms with van der Waals surface area (Å²) < 4.78 is 4.90. The molecule has 2 aromatic rings. The number of anilines is 1. The smallest absolute Gasteiger partial charge is 0.238 e. The minimum Gasteiger partial charge on any atom is -0.360 e. The van der Waals surface area contributed by atoms with Crippen molar-refractivity contribution in [1.82, 2.24) is 5.16 Å². The number of carbonyl (C=O) groups is 1. The Morgan fingerprint density at radius 2 is 2.14 bits per heavy atom. The maximum Gasteiger partial charge on any atom is 0.238 e. The Morgan fingerprint density at radius 1 is 1.38 bits per heavy atom. The molecule has 0 aliphatic rings. The van der Waals surface area contributed by atoms with Gasteiger partial charge < -0.3 is 9.84 Å². The summed E-state index contributed by atoms with van der Waals surface area (Å²) in [5, 5.41) is 7.26. The fraction of sp³-hybridized carbons (Fsp3) is 0.286. The van der Waals surface area contributed by atoms with Crippen LogP contribution in [0.5, 0.6) is 0 Å². The van der Waals surface area contributed by atoms with Gasteiger partial charge in [-0.3, -0.25) is 4.79 Å². The van der Waals surface area contributed by atoms with E-state index >= 15 is 0 Å². The second-order valence-corrected chi connectivity index (χ2v) is 6.66. The van der Waals surface area contributed by atoms with Crippen LogP contribution in [0.1, 0.15) is 18.2 Å². The Hall–Kier alpha value is -1.17. The Balaban J connectivity index is 1.87. The van der Waals surface area contributed by atoms with Crippen LogP contribution in [-0.4, -0.2) is 16.3 Å². The van der Waals surface area contributed by atoms with Crippen LogP contribution >= 0.6 is 35.0 Å². The fourth-order valence-corrected chi connectivity index (χ4v) is 2.73. The highest BCUT2D eigenvalue weighted by Crippen LogP contribution is 2.26. The number of hydrogen-bond acceptors (Lipinski definition) is 4. The van der Waals surface area contributed by atoms with E-state index in [1.54, 1.807) is 19.1 Å². The molecular formula is C14H14Cl2N2O2S. The van der Waals surface area contributed by atoms with Gasteiger partial charge in [-0.15, -0.1) is 11.8 Å². The van der Waals surface area contributed by atoms with E-state index in [9.17, 15) is 4.79 Å². The molecule has 7 heteroatoms. The van der Waals surface area contributed by atoms with E-state index in [1.807, 2.05) is 19.1 Å². The van der Waals surface area contributed by atoms with Gasteiger partial charge in [-0.25, -0.2) is 0 Å². The van der Waals surface area contributed by atoms with Crippen LogP contribution in [0.15, 0.2) is 28.8 Å². The number of rotatable bonds is 5. The lowest BCUT2D eigenvalue weighted by Crippen LogP contribution is -2.22. The number of carbonyl (C=O) groups excluding carboxylic acids is 1. The fourth-order valence-electron chi connectivity index (χ4n) is 1.58. The van der Waals surface area contributed by atoms with Crippen molar-refractivity contribution < 1.29 is 9.32 Å². The zero-order chi connectivity index (χ0) is 15.4. The first kappa shape index (κ1) is 16.2. The van der Waals surface area contributed by atoms with Crippen LogP contribution in [0.3, 0.4) is 0 Å². The van der Waals surface area contributed by atoms with Crippen molar-refractivity contribution in [2.75, 3.05) is 5.32 Å². The lowest BCUT2D eigenvalue weighted by molar-refractivity contribution is -0.115. The number of halogens is 2. The number of benzene rings is 1. The standard InChI is InChI=1S/C14H14Cl2N2O2S/c1-8-5-13(18-20-8)17-14(19)9(2)21-7-10-3-4-11(15)12(16)6-10/h3-6,9H,7H2,1-2H3,(H,17,18,19). The summed E-state index contributed by atoms with van der Waals surface area (Å²) in [6, 6.07) is 7.13. The Morgan fingerprint density at radius 3 is 2.76 bits per heavy atom. The van der Waals surface area contributed by atoms with E-state index in [0.717, 1.165) is 5.56 Å². The first-order chi connectivity index (χ1) is 9.95. The van der Waals surface area contributed by atoms with Gasteiger partial charge in [0.2, 0.25) is 5.91 Å². The second-order valence-electron chi connectivity index (χ2n) is 4.51. The minimum absolute atomic E-state index is 0.117. The number of nitrogens with one attached hydrogen (secondary N) is 1. The van der Waals surface area contributed by atoms with Gasteiger partial charge in [0.15, 0.2) is 5.82 Å². The van der Waals surface area contributed by atoms with Gasteiger partial charge in [0, 0.05) is 11.8 Å². The van der Waals surface area contributed by atoms with E-state index < -0.39 is 0 Å². The van der Waals surface area contributed by atoms with Crippen LogP contribution in [-0.2, 0) is 10.5 Å². The molecule has 0 aliphatic heterocycles. The molecule has 1 aromatic heterocycles. The molecule has 0 aliphatic carbocycles. The van der Waals surface area contributed by atoms with Crippen LogP contribution in [0, 0.1) is 6.92 Å². The van der Waals surface area contributed by atoms with Crippen molar-refractivity contribution in [1.29, 1.82) is 0 Å². The number of amides is 1. The molecule has 1 amide bonds. The first-order valence-corrected chi connectivity index (χ1v) is 8.06. The maximum atomic E-state index is 12.0. The highest BCUT2D eigenvalue weighted by Gasteiger charge is 2.15. The zero-order valence-corrected chi connectivity index (χ0v) is 13.9. The van der Waals surface area contributed by atoms with Crippen molar-refractivity contribution in [3.8, 4) is 0 Å². The van der Waals surface area contributed by atoms with Gasteiger partial charge in [0.05, 0.1) is 15.3 Å². The first-order valence-electron chi connectivity index (χ1n) is 6.25. The van der Waals surface area contributed by atoms with Crippen LogP contribution < -0.4 is 5.32 Å². The lowest BCUT2D eigenvalue weighted by atomic mass is 10.2. The molecule has 1 aromatic carbocycles. The molecule has 21 heavy (non-hydrogen) atoms. The summed E-state index contributed by atoms with van der Waals surface area (Å²) in [5.41, 5.74) is 1.02. The van der Waals surface area contributed by atoms with Gasteiger partial charge in [0.1, 0.15) is 5.76 Å². The normalized spacial score (nSPS) is 12.2. The van der Waals surface area contributed by atoms with Gasteiger partial charge in [-0.1, -0.05) is 34.4 Å². The maximum absolute atomic E-state index is 12.0. The molecular weight excluding hydrogens is 331 g/mol. The average molecular weight is 345 g/mol. The number of aryl methyl sites for hydroxylation is 1. The highest BCUT2D eigenvalue weighted by atomic mass is 35.5. The third kappa shape index (κ3) is 4.66. The second kappa shape index (κ2) is 7.20. The molecule has 0 bridgehead atoms. The zero-order valence-electron chi connectivity index (χ0n) is 11.5. The summed E-state index contributed by atoms with van der Waals surface area (Å²) >= 11 is 13.3. The molecule has 4 nitrogen and oxygen atoms in total. The predicted molar refractivity (Wildman–Crippen MR) is 87.1 cm³/mol. The third-order valence-corrected chi connectivity index (χ3v) is 4.69. The monoisotopic (exact) mass is 344 g/mol. The van der Waals surface area contributed by atoms with Crippen molar-refractivity contribution in [3.05, 3.63) is 45.6 Å². The molecule has 2 rings (SSSR count). The number of hydrogen-bond donors (Lipinski definition) is 1. The molecule has 0 saturated carbocycles. The molecule has 1 N–H and O–H groups in total. The summed E-state index contributed by atoms with van der Waals surface area (Å²) in [6.07, 6.45) is 0. The van der Waals surface area contributed by atoms with Gasteiger partial charge >= 0.3 is 0 Å². The van der Waals surface area contributed by atoms with E-state index in [0.29, 0.717) is 27.4 Å². The third-order valence-electron chi connectivity index (χ3n) is 2.73. The van der Waals surface area contributed by atoms with E-state index in [-0.39, 0.29) is 11.2 Å². The molecule has 0 spiro atoms. The molecule has 112 valence electrons. The van der Waals surface area contributed by atoms with Crippen molar-refractivity contribution in [2.24, 2.45) is 0 Å². The van der Waals surface area contributed by atoms with Gasteiger partial charge in [-0.05, 0) is 31.5 Å². The SMILES string of the molecule is Cc1cc(NC(=O)C(C)SCc2ccc(Cl)c(Cl)c2)no1. The molecule has 1 atom stereocenters. The van der Waals surface area contributed by atoms with E-state index in [2.05, 4.69) is 10.5 Å². The molecule has 1 heterocycles. The number of thioether (sulfide) groups is 1. The lowest BCUT2D eigenvalue weighted by Gasteiger charge is -2.10. The van der Waals surface area contributed by atoms with Crippen LogP contribution in [0.2, 0.25) is 10.0 Å². The molecule has 1 unspecified atom stereocenters. The van der Waals surface area contributed by atoms with Crippen molar-refractivity contribution >= 4 is 46.7 Å². The summed E-state index contributed by atoms with van der Waals surface area (Å²) in [7, 11) is 0. The molecule has 0 radical (unpaired) electrons. The van der Waals surface area contributed by atoms with E-state index in [1.165, 1.54) is 11.8 Å². The van der Waals surface area contributed by atoms with Crippen LogP contribution in [0.4, 0.5) is 5.82 Å². The van der Waals surface area contributed by atoms with Gasteiger partial charge in [-0.2, -0.15) is 0 Å². The summed E-state index contributed by atoms with van der Waals surface area (Å²) in [6.45, 7) is 3.61. The molecule has 0 fully saturated rings. The minimum atomic E-state index is -0.226. The Bertz CT molecular complexity index is 646. The summed E-state index contributed by atoms with van der Waals surface area (Å²) in [4.78, 5) is 12.0. The number of nitrogens with zero attached hydrogens (tertiary/aromatic N) is 1. The van der Waals surface area contributed by atoms with E-state index in [4.69, 9.17) is 27.7 Å². The highest BCUT2D eigenvalue weighted by molar-refractivity contribution is 7.99.